The second kappa shape index (κ2) is 8.78. The maximum atomic E-state index is 10.5. The Balaban J connectivity index is 2.98. The van der Waals surface area contributed by atoms with Crippen molar-refractivity contribution in [1.29, 1.82) is 0 Å². The number of unbranched alkanes of at least 4 members (excludes halogenated alkanes) is 5. The van der Waals surface area contributed by atoms with Crippen molar-refractivity contribution in [3.63, 3.8) is 0 Å². The molecule has 1 N–H and O–H groups in total. The highest BCUT2D eigenvalue weighted by Crippen LogP contribution is 2.40. The van der Waals surface area contributed by atoms with Gasteiger partial charge in [-0.05, 0) is 51.2 Å². The lowest BCUT2D eigenvalue weighted by Gasteiger charge is -2.30. The smallest absolute Gasteiger partial charge is 0.124 e. The third-order valence-electron chi connectivity index (χ3n) is 4.20. The van der Waals surface area contributed by atoms with Gasteiger partial charge in [-0.25, -0.2) is 0 Å². The third kappa shape index (κ3) is 6.75. The van der Waals surface area contributed by atoms with Gasteiger partial charge in [0.2, 0.25) is 0 Å². The van der Waals surface area contributed by atoms with Crippen LogP contribution in [-0.4, -0.2) is 10.7 Å². The van der Waals surface area contributed by atoms with Crippen LogP contribution in [0.1, 0.15) is 98.1 Å². The van der Waals surface area contributed by atoms with Crippen molar-refractivity contribution in [2.45, 2.75) is 104 Å². The number of hydrogen-bond acceptors (Lipinski definition) is 2. The van der Waals surface area contributed by atoms with Gasteiger partial charge in [-0.15, -0.1) is 0 Å². The third-order valence-corrected chi connectivity index (χ3v) is 4.20. The minimum absolute atomic E-state index is 0.0587. The predicted molar refractivity (Wildman–Crippen MR) is 104 cm³/mol. The Morgan fingerprint density at radius 3 is 2.00 bits per heavy atom. The van der Waals surface area contributed by atoms with Crippen molar-refractivity contribution < 1.29 is 9.84 Å². The van der Waals surface area contributed by atoms with Crippen molar-refractivity contribution >= 4 is 0 Å². The number of rotatable bonds is 8. The van der Waals surface area contributed by atoms with E-state index in [2.05, 4.69) is 48.5 Å². The summed E-state index contributed by atoms with van der Waals surface area (Å²) in [6, 6.07) is 3.72. The van der Waals surface area contributed by atoms with Crippen LogP contribution in [0.25, 0.3) is 0 Å². The van der Waals surface area contributed by atoms with E-state index in [0.29, 0.717) is 5.75 Å². The molecule has 0 aliphatic heterocycles. The minimum atomic E-state index is -0.242. The summed E-state index contributed by atoms with van der Waals surface area (Å²) in [5.41, 5.74) is 1.93. The van der Waals surface area contributed by atoms with Gasteiger partial charge < -0.3 is 9.84 Å². The summed E-state index contributed by atoms with van der Waals surface area (Å²) in [4.78, 5) is 0. The molecule has 1 aromatic rings. The first-order valence-electron chi connectivity index (χ1n) is 9.60. The van der Waals surface area contributed by atoms with Gasteiger partial charge in [0.15, 0.2) is 0 Å². The molecule has 2 heteroatoms. The molecule has 0 saturated heterocycles. The monoisotopic (exact) mass is 334 g/mol. The normalized spacial score (nSPS) is 12.5. The molecule has 1 rings (SSSR count). The summed E-state index contributed by atoms with van der Waals surface area (Å²) < 4.78 is 6.20. The summed E-state index contributed by atoms with van der Waals surface area (Å²) in [5.74, 6) is 1.32. The first-order chi connectivity index (χ1) is 11.1. The van der Waals surface area contributed by atoms with E-state index < -0.39 is 0 Å². The summed E-state index contributed by atoms with van der Waals surface area (Å²) in [6.45, 7) is 15.0. The molecule has 0 saturated carbocycles. The van der Waals surface area contributed by atoms with Crippen LogP contribution in [0.4, 0.5) is 0 Å². The first-order valence-corrected chi connectivity index (χ1v) is 9.60. The van der Waals surface area contributed by atoms with Crippen molar-refractivity contribution in [1.82, 2.24) is 0 Å². The van der Waals surface area contributed by atoms with E-state index >= 15 is 0 Å². The Bertz CT molecular complexity index is 504. The van der Waals surface area contributed by atoms with E-state index in [0.717, 1.165) is 29.7 Å². The predicted octanol–water partition coefficient (Wildman–Crippen LogP) is 6.77. The molecule has 0 aliphatic rings. The zero-order chi connectivity index (χ0) is 18.4. The molecule has 0 aliphatic carbocycles. The highest BCUT2D eigenvalue weighted by Gasteiger charge is 2.27. The van der Waals surface area contributed by atoms with Gasteiger partial charge in [0.1, 0.15) is 17.1 Å². The van der Waals surface area contributed by atoms with Gasteiger partial charge in [0, 0.05) is 11.1 Å². The number of aromatic hydroxyl groups is 1. The number of phenolic OH excluding ortho intramolecular Hbond substituents is 1. The molecule has 2 nitrogen and oxygen atoms in total. The van der Waals surface area contributed by atoms with Crippen LogP contribution in [-0.2, 0) is 11.8 Å². The number of hydrogen-bond donors (Lipinski definition) is 1. The fraction of sp³-hybridized carbons (Fsp3) is 0.727. The summed E-state index contributed by atoms with van der Waals surface area (Å²) in [6.07, 6.45) is 8.49. The standard InChI is InChI=1S/C22H38O2/c1-8-9-10-11-12-13-14-17-18(23)15-16-19(24-22(5,6)7)20(17)21(2,3)4/h15-16,23H,8-14H2,1-7H3. The Morgan fingerprint density at radius 1 is 0.875 bits per heavy atom. The topological polar surface area (TPSA) is 29.5 Å². The molecule has 0 spiro atoms. The lowest BCUT2D eigenvalue weighted by molar-refractivity contribution is 0.127. The Morgan fingerprint density at radius 2 is 1.46 bits per heavy atom. The molecule has 0 bridgehead atoms. The van der Waals surface area contributed by atoms with Crippen LogP contribution in [0, 0.1) is 0 Å². The summed E-state index contributed by atoms with van der Waals surface area (Å²) >= 11 is 0. The molecule has 24 heavy (non-hydrogen) atoms. The molecule has 0 aromatic heterocycles. The van der Waals surface area contributed by atoms with Gasteiger partial charge in [-0.2, -0.15) is 0 Å². The van der Waals surface area contributed by atoms with Crippen molar-refractivity contribution in [2.24, 2.45) is 0 Å². The zero-order valence-corrected chi connectivity index (χ0v) is 17.0. The Labute approximate surface area is 149 Å². The molecule has 0 radical (unpaired) electrons. The van der Waals surface area contributed by atoms with Crippen molar-refractivity contribution in [3.05, 3.63) is 23.3 Å². The molecular formula is C22H38O2. The summed E-state index contributed by atoms with van der Waals surface area (Å²) in [5, 5.41) is 10.5. The van der Waals surface area contributed by atoms with Crippen LogP contribution in [0.5, 0.6) is 11.5 Å². The molecule has 138 valence electrons. The maximum absolute atomic E-state index is 10.5. The number of phenols is 1. The van der Waals surface area contributed by atoms with Crippen molar-refractivity contribution in [2.75, 3.05) is 0 Å². The molecule has 0 heterocycles. The SMILES string of the molecule is CCCCCCCCc1c(O)ccc(OC(C)(C)C)c1C(C)(C)C. The fourth-order valence-electron chi connectivity index (χ4n) is 3.19. The van der Waals surface area contributed by atoms with Gasteiger partial charge in [-0.3, -0.25) is 0 Å². The second-order valence-electron chi connectivity index (χ2n) is 8.92. The Kier molecular flexibility index (Phi) is 7.63. The van der Waals surface area contributed by atoms with Crippen LogP contribution in [0.2, 0.25) is 0 Å². The fourth-order valence-corrected chi connectivity index (χ4v) is 3.19. The number of ether oxygens (including phenoxy) is 1. The molecule has 0 unspecified atom stereocenters. The Hall–Kier alpha value is -1.18. The van der Waals surface area contributed by atoms with E-state index in [4.69, 9.17) is 4.74 Å². The summed E-state index contributed by atoms with van der Waals surface area (Å²) in [7, 11) is 0. The van der Waals surface area contributed by atoms with Crippen molar-refractivity contribution in [3.8, 4) is 11.5 Å². The molecule has 0 fully saturated rings. The van der Waals surface area contributed by atoms with E-state index in [9.17, 15) is 5.11 Å². The lowest BCUT2D eigenvalue weighted by atomic mass is 9.81. The maximum Gasteiger partial charge on any atom is 0.124 e. The van der Waals surface area contributed by atoms with E-state index in [1.54, 1.807) is 6.07 Å². The van der Waals surface area contributed by atoms with E-state index in [-0.39, 0.29) is 11.0 Å². The molecule has 1 aromatic carbocycles. The highest BCUT2D eigenvalue weighted by molar-refractivity contribution is 5.51. The van der Waals surface area contributed by atoms with Crippen LogP contribution < -0.4 is 4.74 Å². The van der Waals surface area contributed by atoms with E-state index in [1.807, 2.05) is 6.07 Å². The molecular weight excluding hydrogens is 296 g/mol. The van der Waals surface area contributed by atoms with Crippen LogP contribution in [0.3, 0.4) is 0 Å². The van der Waals surface area contributed by atoms with Gasteiger partial charge >= 0.3 is 0 Å². The highest BCUT2D eigenvalue weighted by atomic mass is 16.5. The largest absolute Gasteiger partial charge is 0.508 e. The van der Waals surface area contributed by atoms with Crippen LogP contribution >= 0.6 is 0 Å². The average Bonchev–Trinajstić information content (AvgIpc) is 2.42. The minimum Gasteiger partial charge on any atom is -0.508 e. The zero-order valence-electron chi connectivity index (χ0n) is 17.0. The average molecular weight is 335 g/mol. The lowest BCUT2D eigenvalue weighted by Crippen LogP contribution is -2.26. The first kappa shape index (κ1) is 20.9. The van der Waals surface area contributed by atoms with Crippen LogP contribution in [0.15, 0.2) is 12.1 Å². The number of benzene rings is 1. The quantitative estimate of drug-likeness (QED) is 0.531. The second-order valence-corrected chi connectivity index (χ2v) is 8.92. The van der Waals surface area contributed by atoms with Gasteiger partial charge in [-0.1, -0.05) is 59.8 Å². The molecule has 0 amide bonds. The van der Waals surface area contributed by atoms with Gasteiger partial charge in [0.25, 0.3) is 0 Å². The van der Waals surface area contributed by atoms with E-state index in [1.165, 1.54) is 32.1 Å². The molecule has 0 atom stereocenters. The van der Waals surface area contributed by atoms with Gasteiger partial charge in [0.05, 0.1) is 0 Å².